The summed E-state index contributed by atoms with van der Waals surface area (Å²) in [6.07, 6.45) is 0.871. The van der Waals surface area contributed by atoms with E-state index in [0.717, 1.165) is 15.6 Å². The highest BCUT2D eigenvalue weighted by Crippen LogP contribution is 2.52. The van der Waals surface area contributed by atoms with Crippen LogP contribution in [0, 0.1) is 11.8 Å². The van der Waals surface area contributed by atoms with E-state index in [1.165, 1.54) is 21.2 Å². The molecule has 2 unspecified atom stereocenters. The summed E-state index contributed by atoms with van der Waals surface area (Å²) < 4.78 is 0. The first-order valence-corrected chi connectivity index (χ1v) is 11.4. The third kappa shape index (κ3) is 2.93. The lowest BCUT2D eigenvalue weighted by Crippen LogP contribution is -2.55. The lowest BCUT2D eigenvalue weighted by molar-refractivity contribution is -0.115. The zero-order chi connectivity index (χ0) is 20.3. The van der Waals surface area contributed by atoms with Gasteiger partial charge in [0.1, 0.15) is 0 Å². The second kappa shape index (κ2) is 7.13. The fourth-order valence-corrected chi connectivity index (χ4v) is 6.81. The third-order valence-corrected chi connectivity index (χ3v) is 8.75. The zero-order valence-corrected chi connectivity index (χ0v) is 18.2. The number of anilines is 2. The van der Waals surface area contributed by atoms with E-state index in [-0.39, 0.29) is 11.8 Å². The number of para-hydroxylation sites is 2. The summed E-state index contributed by atoms with van der Waals surface area (Å²) in [5.41, 5.74) is 3.40. The van der Waals surface area contributed by atoms with Gasteiger partial charge in [0.05, 0.1) is 33.6 Å². The first-order chi connectivity index (χ1) is 14.0. The first kappa shape index (κ1) is 19.1. The van der Waals surface area contributed by atoms with Crippen molar-refractivity contribution in [1.29, 1.82) is 0 Å². The summed E-state index contributed by atoms with van der Waals surface area (Å²) >= 11 is 3.41. The molecular weight excluding hydrogens is 400 g/mol. The van der Waals surface area contributed by atoms with E-state index in [9.17, 15) is 10.2 Å². The Morgan fingerprint density at radius 3 is 2.00 bits per heavy atom. The van der Waals surface area contributed by atoms with Gasteiger partial charge in [-0.15, -0.1) is 0 Å². The molecule has 3 aliphatic rings. The van der Waals surface area contributed by atoms with Crippen LogP contribution in [0.15, 0.2) is 80.0 Å². The summed E-state index contributed by atoms with van der Waals surface area (Å²) in [6.45, 7) is 2.04. The molecule has 2 aromatic carbocycles. The van der Waals surface area contributed by atoms with Gasteiger partial charge in [0.15, 0.2) is 0 Å². The fourth-order valence-electron chi connectivity index (χ4n) is 4.47. The van der Waals surface area contributed by atoms with Crippen LogP contribution in [0.1, 0.15) is 6.92 Å². The molecule has 0 aromatic heterocycles. The van der Waals surface area contributed by atoms with Crippen molar-refractivity contribution in [2.45, 2.75) is 28.9 Å². The molecule has 2 N–H and O–H groups in total. The standard InChI is InChI=1S/C23H24N2O2S2/c1-13(23-25(3)16-9-5-7-11-18(16)29-23)20-21(26)14(22(20)27)12-19-24(2)15-8-4-6-10-17(15)28-19/h4-12,14,20-22,26-27H,1-3H3/b19-12-,23-13+. The molecule has 4 nitrogen and oxygen atoms in total. The Kier molecular flexibility index (Phi) is 4.70. The van der Waals surface area contributed by atoms with Crippen LogP contribution >= 0.6 is 23.5 Å². The van der Waals surface area contributed by atoms with E-state index in [0.29, 0.717) is 0 Å². The van der Waals surface area contributed by atoms with Gasteiger partial charge in [-0.1, -0.05) is 47.8 Å². The van der Waals surface area contributed by atoms with Gasteiger partial charge < -0.3 is 20.0 Å². The number of aliphatic hydroxyl groups is 2. The van der Waals surface area contributed by atoms with Crippen LogP contribution in [0.5, 0.6) is 0 Å². The van der Waals surface area contributed by atoms with Crippen molar-refractivity contribution >= 4 is 34.9 Å². The molecule has 1 saturated carbocycles. The summed E-state index contributed by atoms with van der Waals surface area (Å²) in [6, 6.07) is 16.6. The fraction of sp³-hybridized carbons (Fsp3) is 0.304. The quantitative estimate of drug-likeness (QED) is 0.740. The van der Waals surface area contributed by atoms with Crippen molar-refractivity contribution < 1.29 is 10.2 Å². The van der Waals surface area contributed by atoms with Crippen LogP contribution in [-0.2, 0) is 0 Å². The smallest absolute Gasteiger partial charge is 0.0792 e. The molecule has 0 amide bonds. The van der Waals surface area contributed by atoms with E-state index in [2.05, 4.69) is 41.1 Å². The molecule has 5 rings (SSSR count). The summed E-state index contributed by atoms with van der Waals surface area (Å²) in [5.74, 6) is -0.496. The molecule has 2 atom stereocenters. The van der Waals surface area contributed by atoms with Crippen LogP contribution in [0.2, 0.25) is 0 Å². The highest BCUT2D eigenvalue weighted by Gasteiger charge is 2.50. The van der Waals surface area contributed by atoms with Crippen molar-refractivity contribution in [1.82, 2.24) is 0 Å². The molecule has 0 spiro atoms. The van der Waals surface area contributed by atoms with Crippen molar-refractivity contribution in [3.05, 3.63) is 70.2 Å². The van der Waals surface area contributed by atoms with Crippen LogP contribution < -0.4 is 9.80 Å². The molecule has 29 heavy (non-hydrogen) atoms. The minimum Gasteiger partial charge on any atom is -0.392 e. The largest absolute Gasteiger partial charge is 0.392 e. The molecular formula is C23H24N2O2S2. The van der Waals surface area contributed by atoms with Crippen LogP contribution in [0.4, 0.5) is 11.4 Å². The van der Waals surface area contributed by atoms with Gasteiger partial charge in [0, 0.05) is 35.7 Å². The third-order valence-electron chi connectivity index (χ3n) is 6.21. The number of thioether (sulfide) groups is 2. The van der Waals surface area contributed by atoms with Crippen molar-refractivity contribution in [2.24, 2.45) is 11.8 Å². The molecule has 1 fully saturated rings. The number of hydrogen-bond donors (Lipinski definition) is 2. The molecule has 2 aliphatic heterocycles. The number of nitrogens with zero attached hydrogens (tertiary/aromatic N) is 2. The van der Waals surface area contributed by atoms with Gasteiger partial charge in [0.25, 0.3) is 0 Å². The lowest BCUT2D eigenvalue weighted by atomic mass is 9.66. The average molecular weight is 425 g/mol. The van der Waals surface area contributed by atoms with E-state index in [1.54, 1.807) is 23.5 Å². The molecule has 150 valence electrons. The Morgan fingerprint density at radius 2 is 1.41 bits per heavy atom. The lowest BCUT2D eigenvalue weighted by Gasteiger charge is -2.46. The number of benzene rings is 2. The minimum atomic E-state index is -0.583. The monoisotopic (exact) mass is 424 g/mol. The SMILES string of the molecule is C/C(=C1\Sc2ccccc2N1C)C1C(O)C(/C=C2\Sc3ccccc3N2C)C1O. The van der Waals surface area contributed by atoms with Gasteiger partial charge in [-0.25, -0.2) is 0 Å². The molecule has 6 heteroatoms. The molecule has 1 aliphatic carbocycles. The topological polar surface area (TPSA) is 46.9 Å². The predicted molar refractivity (Wildman–Crippen MR) is 121 cm³/mol. The molecule has 0 saturated heterocycles. The van der Waals surface area contributed by atoms with Crippen LogP contribution in [0.3, 0.4) is 0 Å². The highest BCUT2D eigenvalue weighted by atomic mass is 32.2. The Bertz CT molecular complexity index is 1030. The summed E-state index contributed by atoms with van der Waals surface area (Å²) in [7, 11) is 4.09. The van der Waals surface area contributed by atoms with Crippen LogP contribution in [0.25, 0.3) is 0 Å². The summed E-state index contributed by atoms with van der Waals surface area (Å²) in [4.78, 5) is 6.72. The van der Waals surface area contributed by atoms with Gasteiger partial charge in [-0.2, -0.15) is 0 Å². The number of rotatable bonds is 2. The Hall–Kier alpha value is -1.86. The van der Waals surface area contributed by atoms with E-state index < -0.39 is 12.2 Å². The second-order valence-corrected chi connectivity index (χ2v) is 9.93. The van der Waals surface area contributed by atoms with Crippen LogP contribution in [-0.4, -0.2) is 36.5 Å². The van der Waals surface area contributed by atoms with Gasteiger partial charge in [-0.3, -0.25) is 0 Å². The Labute approximate surface area is 179 Å². The number of fused-ring (bicyclic) bond motifs is 2. The zero-order valence-electron chi connectivity index (χ0n) is 16.6. The van der Waals surface area contributed by atoms with Gasteiger partial charge in [0.2, 0.25) is 0 Å². The average Bonchev–Trinajstić information content (AvgIpc) is 3.24. The molecule has 0 bridgehead atoms. The number of hydrogen-bond acceptors (Lipinski definition) is 6. The maximum absolute atomic E-state index is 10.9. The Morgan fingerprint density at radius 1 is 0.862 bits per heavy atom. The normalized spacial score (nSPS) is 31.0. The van der Waals surface area contributed by atoms with E-state index in [4.69, 9.17) is 0 Å². The number of aliphatic hydroxyl groups excluding tert-OH is 2. The molecule has 0 radical (unpaired) electrons. The second-order valence-electron chi connectivity index (χ2n) is 7.83. The maximum Gasteiger partial charge on any atom is 0.0792 e. The first-order valence-electron chi connectivity index (χ1n) is 9.77. The maximum atomic E-state index is 10.9. The van der Waals surface area contributed by atoms with Gasteiger partial charge in [-0.05, 0) is 42.8 Å². The minimum absolute atomic E-state index is 0.241. The van der Waals surface area contributed by atoms with Crippen molar-refractivity contribution in [2.75, 3.05) is 23.9 Å². The van der Waals surface area contributed by atoms with E-state index >= 15 is 0 Å². The van der Waals surface area contributed by atoms with E-state index in [1.807, 2.05) is 44.3 Å². The molecule has 2 heterocycles. The van der Waals surface area contributed by atoms with Crippen molar-refractivity contribution in [3.63, 3.8) is 0 Å². The predicted octanol–water partition coefficient (Wildman–Crippen LogP) is 4.51. The van der Waals surface area contributed by atoms with Gasteiger partial charge >= 0.3 is 0 Å². The Balaban J connectivity index is 1.37. The highest BCUT2D eigenvalue weighted by molar-refractivity contribution is 8.04. The summed E-state index contributed by atoms with van der Waals surface area (Å²) in [5, 5.41) is 24.1. The molecule has 2 aromatic rings. The van der Waals surface area contributed by atoms with Crippen molar-refractivity contribution in [3.8, 4) is 0 Å².